The summed E-state index contributed by atoms with van der Waals surface area (Å²) in [5.74, 6) is 0.790. The summed E-state index contributed by atoms with van der Waals surface area (Å²) in [7, 11) is 0. The molecule has 10 heavy (non-hydrogen) atoms. The van der Waals surface area contributed by atoms with E-state index in [1.807, 2.05) is 0 Å². The Labute approximate surface area is 69.1 Å². The zero-order valence-corrected chi connectivity index (χ0v) is 7.75. The molecule has 0 radical (unpaired) electrons. The van der Waals surface area contributed by atoms with Crippen molar-refractivity contribution in [1.29, 1.82) is 0 Å². The predicted molar refractivity (Wildman–Crippen MR) is 47.7 cm³/mol. The first-order valence-electron chi connectivity index (χ1n) is 4.10. The van der Waals surface area contributed by atoms with E-state index in [-0.39, 0.29) is 0 Å². The number of hydrogen-bond donors (Lipinski definition) is 1. The molecule has 0 aliphatic rings. The Morgan fingerprint density at radius 1 is 1.50 bits per heavy atom. The molecule has 1 unspecified atom stereocenters. The van der Waals surface area contributed by atoms with Gasteiger partial charge in [0.25, 0.3) is 0 Å². The summed E-state index contributed by atoms with van der Waals surface area (Å²) in [4.78, 5) is 0. The number of alkyl halides is 1. The first-order valence-corrected chi connectivity index (χ1v) is 4.64. The van der Waals surface area contributed by atoms with Crippen LogP contribution in [0, 0.1) is 0 Å². The van der Waals surface area contributed by atoms with Crippen LogP contribution >= 0.6 is 11.6 Å². The van der Waals surface area contributed by atoms with Crippen molar-refractivity contribution in [1.82, 2.24) is 5.32 Å². The van der Waals surface area contributed by atoms with Gasteiger partial charge in [0.15, 0.2) is 0 Å². The SMILES string of the molecule is CCCNC(C)CCCCl. The molecular formula is C8H18ClN. The van der Waals surface area contributed by atoms with Gasteiger partial charge in [0.1, 0.15) is 0 Å². The molecule has 0 aliphatic heterocycles. The fraction of sp³-hybridized carbons (Fsp3) is 1.00. The third-order valence-electron chi connectivity index (χ3n) is 1.51. The molecule has 1 nitrogen and oxygen atoms in total. The van der Waals surface area contributed by atoms with Crippen LogP contribution < -0.4 is 5.32 Å². The van der Waals surface area contributed by atoms with Crippen LogP contribution in [0.2, 0.25) is 0 Å². The van der Waals surface area contributed by atoms with Gasteiger partial charge < -0.3 is 5.32 Å². The summed E-state index contributed by atoms with van der Waals surface area (Å²) in [6.45, 7) is 5.52. The van der Waals surface area contributed by atoms with E-state index in [0.29, 0.717) is 6.04 Å². The van der Waals surface area contributed by atoms with Crippen LogP contribution in [-0.2, 0) is 0 Å². The van der Waals surface area contributed by atoms with Gasteiger partial charge in [-0.3, -0.25) is 0 Å². The summed E-state index contributed by atoms with van der Waals surface area (Å²) in [6.07, 6.45) is 3.54. The van der Waals surface area contributed by atoms with E-state index in [0.717, 1.165) is 18.8 Å². The third kappa shape index (κ3) is 6.37. The van der Waals surface area contributed by atoms with Gasteiger partial charge in [-0.1, -0.05) is 6.92 Å². The molecule has 0 fully saturated rings. The van der Waals surface area contributed by atoms with Crippen molar-refractivity contribution in [3.05, 3.63) is 0 Å². The summed E-state index contributed by atoms with van der Waals surface area (Å²) in [5, 5.41) is 3.41. The highest BCUT2D eigenvalue weighted by Crippen LogP contribution is 1.97. The van der Waals surface area contributed by atoms with E-state index in [1.54, 1.807) is 0 Å². The lowest BCUT2D eigenvalue weighted by Crippen LogP contribution is -2.26. The lowest BCUT2D eigenvalue weighted by Gasteiger charge is -2.11. The van der Waals surface area contributed by atoms with E-state index in [1.165, 1.54) is 12.8 Å². The van der Waals surface area contributed by atoms with Crippen LogP contribution in [0.5, 0.6) is 0 Å². The predicted octanol–water partition coefficient (Wildman–Crippen LogP) is 2.39. The van der Waals surface area contributed by atoms with E-state index in [9.17, 15) is 0 Å². The van der Waals surface area contributed by atoms with Crippen LogP contribution in [0.3, 0.4) is 0 Å². The molecule has 0 aromatic heterocycles. The number of halogens is 1. The first kappa shape index (κ1) is 10.2. The van der Waals surface area contributed by atoms with E-state index in [2.05, 4.69) is 19.2 Å². The minimum absolute atomic E-state index is 0.638. The maximum atomic E-state index is 5.55. The van der Waals surface area contributed by atoms with Gasteiger partial charge in [-0.25, -0.2) is 0 Å². The highest BCUT2D eigenvalue weighted by atomic mass is 35.5. The van der Waals surface area contributed by atoms with E-state index >= 15 is 0 Å². The highest BCUT2D eigenvalue weighted by Gasteiger charge is 1.97. The van der Waals surface area contributed by atoms with Crippen molar-refractivity contribution in [2.75, 3.05) is 12.4 Å². The van der Waals surface area contributed by atoms with Crippen molar-refractivity contribution in [3.63, 3.8) is 0 Å². The van der Waals surface area contributed by atoms with Gasteiger partial charge in [0, 0.05) is 11.9 Å². The van der Waals surface area contributed by atoms with Gasteiger partial charge in [-0.15, -0.1) is 11.6 Å². The summed E-state index contributed by atoms with van der Waals surface area (Å²) in [6, 6.07) is 0.638. The summed E-state index contributed by atoms with van der Waals surface area (Å²) < 4.78 is 0. The Balaban J connectivity index is 3.00. The number of hydrogen-bond acceptors (Lipinski definition) is 1. The Morgan fingerprint density at radius 2 is 2.20 bits per heavy atom. The van der Waals surface area contributed by atoms with Crippen molar-refractivity contribution in [3.8, 4) is 0 Å². The van der Waals surface area contributed by atoms with Crippen LogP contribution in [0.15, 0.2) is 0 Å². The van der Waals surface area contributed by atoms with E-state index < -0.39 is 0 Å². The van der Waals surface area contributed by atoms with Crippen LogP contribution in [0.4, 0.5) is 0 Å². The zero-order chi connectivity index (χ0) is 7.82. The van der Waals surface area contributed by atoms with Crippen molar-refractivity contribution in [2.24, 2.45) is 0 Å². The van der Waals surface area contributed by atoms with Crippen molar-refractivity contribution >= 4 is 11.6 Å². The normalized spacial score (nSPS) is 13.5. The third-order valence-corrected chi connectivity index (χ3v) is 1.78. The molecule has 1 atom stereocenters. The van der Waals surface area contributed by atoms with Crippen LogP contribution in [-0.4, -0.2) is 18.5 Å². The molecule has 0 bridgehead atoms. The summed E-state index contributed by atoms with van der Waals surface area (Å²) in [5.41, 5.74) is 0. The summed E-state index contributed by atoms with van der Waals surface area (Å²) >= 11 is 5.55. The topological polar surface area (TPSA) is 12.0 Å². The van der Waals surface area contributed by atoms with Gasteiger partial charge in [-0.05, 0) is 32.7 Å². The average Bonchev–Trinajstić information content (AvgIpc) is 1.97. The Kier molecular flexibility index (Phi) is 7.54. The molecule has 0 rings (SSSR count). The molecule has 0 saturated heterocycles. The zero-order valence-electron chi connectivity index (χ0n) is 6.99. The molecule has 62 valence electrons. The lowest BCUT2D eigenvalue weighted by atomic mass is 10.2. The van der Waals surface area contributed by atoms with Gasteiger partial charge in [-0.2, -0.15) is 0 Å². The minimum Gasteiger partial charge on any atom is -0.314 e. The molecule has 0 amide bonds. The van der Waals surface area contributed by atoms with Gasteiger partial charge in [0.05, 0.1) is 0 Å². The standard InChI is InChI=1S/C8H18ClN/c1-3-7-10-8(2)5-4-6-9/h8,10H,3-7H2,1-2H3. The van der Waals surface area contributed by atoms with Gasteiger partial charge >= 0.3 is 0 Å². The molecule has 1 N–H and O–H groups in total. The first-order chi connectivity index (χ1) is 4.81. The number of nitrogens with one attached hydrogen (secondary N) is 1. The monoisotopic (exact) mass is 163 g/mol. The Bertz CT molecular complexity index is 58.3. The molecule has 0 aromatic rings. The molecule has 0 heterocycles. The molecule has 2 heteroatoms. The second kappa shape index (κ2) is 7.36. The maximum Gasteiger partial charge on any atom is 0.0224 e. The van der Waals surface area contributed by atoms with Crippen molar-refractivity contribution < 1.29 is 0 Å². The minimum atomic E-state index is 0.638. The average molecular weight is 164 g/mol. The number of rotatable bonds is 6. The second-order valence-electron chi connectivity index (χ2n) is 2.69. The largest absolute Gasteiger partial charge is 0.314 e. The molecular weight excluding hydrogens is 146 g/mol. The lowest BCUT2D eigenvalue weighted by molar-refractivity contribution is 0.509. The maximum absolute atomic E-state index is 5.55. The Hall–Kier alpha value is 0.250. The molecule has 0 aliphatic carbocycles. The molecule has 0 saturated carbocycles. The van der Waals surface area contributed by atoms with E-state index in [4.69, 9.17) is 11.6 Å². The molecule has 0 spiro atoms. The van der Waals surface area contributed by atoms with Crippen LogP contribution in [0.1, 0.15) is 33.1 Å². The smallest absolute Gasteiger partial charge is 0.0224 e. The Morgan fingerprint density at radius 3 is 2.70 bits per heavy atom. The second-order valence-corrected chi connectivity index (χ2v) is 3.06. The van der Waals surface area contributed by atoms with Crippen molar-refractivity contribution in [2.45, 2.75) is 39.2 Å². The highest BCUT2D eigenvalue weighted by molar-refractivity contribution is 6.17. The fourth-order valence-electron chi connectivity index (χ4n) is 0.876. The van der Waals surface area contributed by atoms with Crippen LogP contribution in [0.25, 0.3) is 0 Å². The quantitative estimate of drug-likeness (QED) is 0.593. The fourth-order valence-corrected chi connectivity index (χ4v) is 1.03. The van der Waals surface area contributed by atoms with Gasteiger partial charge in [0.2, 0.25) is 0 Å². The molecule has 0 aromatic carbocycles.